The molecule has 1 aliphatic rings. The van der Waals surface area contributed by atoms with Gasteiger partial charge in [-0.15, -0.1) is 0 Å². The fourth-order valence-electron chi connectivity index (χ4n) is 1.75. The number of carbonyl (C=O) groups is 2. The fraction of sp³-hybridized carbons (Fsp3) is 0.818. The Morgan fingerprint density at radius 2 is 2.18 bits per heavy atom. The number of hydrogen-bond donors (Lipinski definition) is 3. The van der Waals surface area contributed by atoms with Crippen LogP contribution in [0, 0.1) is 5.41 Å². The number of esters is 1. The molecule has 6 nitrogen and oxygen atoms in total. The zero-order valence-electron chi connectivity index (χ0n) is 10.4. The van der Waals surface area contributed by atoms with E-state index in [-0.39, 0.29) is 18.1 Å². The predicted octanol–water partition coefficient (Wildman–Crippen LogP) is -0.848. The lowest BCUT2D eigenvalue weighted by Gasteiger charge is -2.49. The molecule has 6 heteroatoms. The van der Waals surface area contributed by atoms with Crippen LogP contribution < -0.4 is 11.1 Å². The zero-order valence-corrected chi connectivity index (χ0v) is 10.4. The number of rotatable bonds is 4. The van der Waals surface area contributed by atoms with Crippen LogP contribution in [0.2, 0.25) is 0 Å². The molecule has 1 aliphatic carbocycles. The number of aliphatic hydroxyl groups excluding tert-OH is 1. The highest BCUT2D eigenvalue weighted by molar-refractivity contribution is 6.01. The molecule has 0 bridgehead atoms. The summed E-state index contributed by atoms with van der Waals surface area (Å²) >= 11 is 0. The van der Waals surface area contributed by atoms with Crippen LogP contribution in [0.1, 0.15) is 27.2 Å². The van der Waals surface area contributed by atoms with Crippen molar-refractivity contribution in [3.63, 3.8) is 0 Å². The third-order valence-electron chi connectivity index (χ3n) is 3.36. The molecule has 3 atom stereocenters. The SMILES string of the molecule is CCOC(=O)C(N)C(=O)NC1CC(O)C1(C)C. The molecule has 17 heavy (non-hydrogen) atoms. The molecule has 0 aromatic heterocycles. The van der Waals surface area contributed by atoms with Crippen LogP contribution in [0.25, 0.3) is 0 Å². The summed E-state index contributed by atoms with van der Waals surface area (Å²) in [6.45, 7) is 5.53. The Bertz CT molecular complexity index is 317. The monoisotopic (exact) mass is 244 g/mol. The Hall–Kier alpha value is -1.14. The average molecular weight is 244 g/mol. The van der Waals surface area contributed by atoms with Crippen LogP contribution in [0.3, 0.4) is 0 Å². The molecule has 0 heterocycles. The largest absolute Gasteiger partial charge is 0.464 e. The number of amides is 1. The van der Waals surface area contributed by atoms with Crippen molar-refractivity contribution in [2.75, 3.05) is 6.61 Å². The molecule has 4 N–H and O–H groups in total. The maximum atomic E-state index is 11.6. The van der Waals surface area contributed by atoms with E-state index >= 15 is 0 Å². The van der Waals surface area contributed by atoms with Gasteiger partial charge in [0, 0.05) is 11.5 Å². The van der Waals surface area contributed by atoms with E-state index in [9.17, 15) is 14.7 Å². The van der Waals surface area contributed by atoms with Gasteiger partial charge in [-0.05, 0) is 13.3 Å². The van der Waals surface area contributed by atoms with Crippen LogP contribution in [-0.2, 0) is 14.3 Å². The summed E-state index contributed by atoms with van der Waals surface area (Å²) in [4.78, 5) is 22.9. The zero-order chi connectivity index (χ0) is 13.2. The van der Waals surface area contributed by atoms with Crippen molar-refractivity contribution in [2.45, 2.75) is 45.4 Å². The molecular formula is C11H20N2O4. The Morgan fingerprint density at radius 3 is 2.59 bits per heavy atom. The summed E-state index contributed by atoms with van der Waals surface area (Å²) in [5.74, 6) is -1.30. The minimum atomic E-state index is -1.30. The van der Waals surface area contributed by atoms with Gasteiger partial charge in [0.1, 0.15) is 0 Å². The maximum Gasteiger partial charge on any atom is 0.332 e. The topological polar surface area (TPSA) is 102 Å². The second kappa shape index (κ2) is 5.01. The highest BCUT2D eigenvalue weighted by Gasteiger charge is 2.48. The highest BCUT2D eigenvalue weighted by Crippen LogP contribution is 2.40. The quantitative estimate of drug-likeness (QED) is 0.442. The van der Waals surface area contributed by atoms with E-state index in [1.165, 1.54) is 0 Å². The summed E-state index contributed by atoms with van der Waals surface area (Å²) in [6, 6.07) is -1.46. The van der Waals surface area contributed by atoms with Gasteiger partial charge in [-0.25, -0.2) is 4.79 Å². The van der Waals surface area contributed by atoms with E-state index in [1.807, 2.05) is 13.8 Å². The molecule has 0 saturated heterocycles. The Kier molecular flexibility index (Phi) is 4.11. The lowest BCUT2D eigenvalue weighted by Crippen LogP contribution is -2.63. The van der Waals surface area contributed by atoms with Gasteiger partial charge in [0.05, 0.1) is 12.7 Å². The molecule has 98 valence electrons. The predicted molar refractivity (Wildman–Crippen MR) is 60.9 cm³/mol. The third kappa shape index (κ3) is 2.76. The smallest absolute Gasteiger partial charge is 0.332 e. The maximum absolute atomic E-state index is 11.6. The van der Waals surface area contributed by atoms with E-state index < -0.39 is 24.0 Å². The first-order valence-electron chi connectivity index (χ1n) is 5.71. The van der Waals surface area contributed by atoms with E-state index in [0.717, 1.165) is 0 Å². The summed E-state index contributed by atoms with van der Waals surface area (Å²) in [7, 11) is 0. The lowest BCUT2D eigenvalue weighted by atomic mass is 9.64. The number of aliphatic hydroxyl groups is 1. The second-order valence-electron chi connectivity index (χ2n) is 4.86. The fourth-order valence-corrected chi connectivity index (χ4v) is 1.75. The van der Waals surface area contributed by atoms with Gasteiger partial charge in [0.15, 0.2) is 6.04 Å². The molecule has 0 aromatic rings. The number of nitrogens with one attached hydrogen (secondary N) is 1. The van der Waals surface area contributed by atoms with E-state index in [0.29, 0.717) is 6.42 Å². The molecule has 1 saturated carbocycles. The first-order valence-corrected chi connectivity index (χ1v) is 5.71. The minimum absolute atomic E-state index is 0.162. The molecule has 1 fully saturated rings. The summed E-state index contributed by atoms with van der Waals surface area (Å²) in [6.07, 6.45) is 0.0421. The van der Waals surface area contributed by atoms with Gasteiger partial charge in [0.25, 0.3) is 0 Å². The first kappa shape index (κ1) is 13.9. The standard InChI is InChI=1S/C11H20N2O4/c1-4-17-10(16)8(12)9(15)13-6-5-7(14)11(6,2)3/h6-8,14H,4-5,12H2,1-3H3,(H,13,15). The highest BCUT2D eigenvalue weighted by atomic mass is 16.5. The van der Waals surface area contributed by atoms with Crippen LogP contribution >= 0.6 is 0 Å². The lowest BCUT2D eigenvalue weighted by molar-refractivity contribution is -0.149. The normalized spacial score (nSPS) is 27.8. The number of nitrogens with two attached hydrogens (primary N) is 1. The molecule has 0 spiro atoms. The number of carbonyl (C=O) groups excluding carboxylic acids is 2. The minimum Gasteiger partial charge on any atom is -0.464 e. The van der Waals surface area contributed by atoms with Crippen molar-refractivity contribution in [1.29, 1.82) is 0 Å². The molecule has 0 radical (unpaired) electrons. The van der Waals surface area contributed by atoms with Gasteiger partial charge in [0.2, 0.25) is 5.91 Å². The van der Waals surface area contributed by atoms with E-state index in [4.69, 9.17) is 5.73 Å². The van der Waals surface area contributed by atoms with Crippen LogP contribution in [0.4, 0.5) is 0 Å². The van der Waals surface area contributed by atoms with Gasteiger partial charge < -0.3 is 20.9 Å². The second-order valence-corrected chi connectivity index (χ2v) is 4.86. The summed E-state index contributed by atoms with van der Waals surface area (Å²) in [5.41, 5.74) is 5.06. The Balaban J connectivity index is 2.48. The molecule has 0 aromatic carbocycles. The van der Waals surface area contributed by atoms with Gasteiger partial charge in [-0.3, -0.25) is 4.79 Å². The number of hydrogen-bond acceptors (Lipinski definition) is 5. The van der Waals surface area contributed by atoms with E-state index in [2.05, 4.69) is 10.1 Å². The van der Waals surface area contributed by atoms with Crippen molar-refractivity contribution in [3.8, 4) is 0 Å². The van der Waals surface area contributed by atoms with Gasteiger partial charge >= 0.3 is 5.97 Å². The van der Waals surface area contributed by atoms with Gasteiger partial charge in [-0.1, -0.05) is 13.8 Å². The van der Waals surface area contributed by atoms with Crippen LogP contribution in [-0.4, -0.2) is 41.8 Å². The molecule has 3 unspecified atom stereocenters. The Labute approximate surface area is 101 Å². The molecule has 1 amide bonds. The summed E-state index contributed by atoms with van der Waals surface area (Å²) in [5, 5.41) is 12.2. The van der Waals surface area contributed by atoms with Crippen LogP contribution in [0.5, 0.6) is 0 Å². The van der Waals surface area contributed by atoms with Crippen molar-refractivity contribution in [3.05, 3.63) is 0 Å². The van der Waals surface area contributed by atoms with Crippen molar-refractivity contribution in [1.82, 2.24) is 5.32 Å². The first-order chi connectivity index (χ1) is 7.80. The van der Waals surface area contributed by atoms with Crippen molar-refractivity contribution < 1.29 is 19.4 Å². The van der Waals surface area contributed by atoms with E-state index in [1.54, 1.807) is 6.92 Å². The molecule has 1 rings (SSSR count). The molecule has 0 aliphatic heterocycles. The van der Waals surface area contributed by atoms with Crippen molar-refractivity contribution in [2.24, 2.45) is 11.1 Å². The van der Waals surface area contributed by atoms with Gasteiger partial charge in [-0.2, -0.15) is 0 Å². The Morgan fingerprint density at radius 1 is 1.59 bits per heavy atom. The molecular weight excluding hydrogens is 224 g/mol. The third-order valence-corrected chi connectivity index (χ3v) is 3.36. The van der Waals surface area contributed by atoms with Crippen molar-refractivity contribution >= 4 is 11.9 Å². The summed E-state index contributed by atoms with van der Waals surface area (Å²) < 4.78 is 4.66. The van der Waals surface area contributed by atoms with Crippen LogP contribution in [0.15, 0.2) is 0 Å². The average Bonchev–Trinajstić information content (AvgIpc) is 2.27. The number of ether oxygens (including phenoxy) is 1.